The number of benzene rings is 2. The topological polar surface area (TPSA) is 56.7 Å². The Hall–Kier alpha value is -2.09. The van der Waals surface area contributed by atoms with E-state index in [1.54, 1.807) is 0 Å². The molecule has 3 rings (SSSR count). The van der Waals surface area contributed by atoms with Gasteiger partial charge in [0.1, 0.15) is 0 Å². The lowest BCUT2D eigenvalue weighted by molar-refractivity contribution is -0.132. The first-order valence-electron chi connectivity index (χ1n) is 10.7. The van der Waals surface area contributed by atoms with Crippen LogP contribution in [0.2, 0.25) is 0 Å². The molecule has 0 saturated heterocycles. The summed E-state index contributed by atoms with van der Waals surface area (Å²) in [7, 11) is 0. The minimum atomic E-state index is 0. The summed E-state index contributed by atoms with van der Waals surface area (Å²) >= 11 is 0. The van der Waals surface area contributed by atoms with E-state index in [4.69, 9.17) is 0 Å². The summed E-state index contributed by atoms with van der Waals surface area (Å²) in [5.74, 6) is 1.06. The Morgan fingerprint density at radius 2 is 1.77 bits per heavy atom. The lowest BCUT2D eigenvalue weighted by Gasteiger charge is -2.28. The second-order valence-corrected chi connectivity index (χ2v) is 7.36. The number of fused-ring (bicyclic) bond motifs is 1. The molecule has 162 valence electrons. The van der Waals surface area contributed by atoms with E-state index in [0.29, 0.717) is 13.0 Å². The molecule has 0 spiro atoms. The van der Waals surface area contributed by atoms with Gasteiger partial charge in [-0.3, -0.25) is 9.79 Å². The van der Waals surface area contributed by atoms with Crippen LogP contribution in [-0.4, -0.2) is 42.9 Å². The minimum Gasteiger partial charge on any atom is -0.357 e. The molecule has 0 atom stereocenters. The predicted octanol–water partition coefficient (Wildman–Crippen LogP) is 3.77. The van der Waals surface area contributed by atoms with E-state index in [0.717, 1.165) is 51.4 Å². The summed E-state index contributed by atoms with van der Waals surface area (Å²) in [6.45, 7) is 5.93. The van der Waals surface area contributed by atoms with Gasteiger partial charge in [0, 0.05) is 39.1 Å². The molecule has 0 bridgehead atoms. The second kappa shape index (κ2) is 13.3. The van der Waals surface area contributed by atoms with E-state index >= 15 is 0 Å². The zero-order valence-corrected chi connectivity index (χ0v) is 20.1. The molecule has 1 amide bonds. The summed E-state index contributed by atoms with van der Waals surface area (Å²) in [5.41, 5.74) is 3.96. The average molecular weight is 520 g/mol. The van der Waals surface area contributed by atoms with Crippen molar-refractivity contribution in [2.75, 3.05) is 26.2 Å². The van der Waals surface area contributed by atoms with Gasteiger partial charge in [0.25, 0.3) is 0 Å². The van der Waals surface area contributed by atoms with Gasteiger partial charge in [0.15, 0.2) is 5.96 Å². The molecule has 5 nitrogen and oxygen atoms in total. The van der Waals surface area contributed by atoms with Crippen molar-refractivity contribution in [3.63, 3.8) is 0 Å². The SMILES string of the molecule is CCNC(=NCCCC(=O)N1CCc2ccccc2C1)NCCc1ccccc1.I. The van der Waals surface area contributed by atoms with E-state index in [2.05, 4.69) is 71.1 Å². The fourth-order valence-corrected chi connectivity index (χ4v) is 3.60. The highest BCUT2D eigenvalue weighted by molar-refractivity contribution is 14.0. The maximum absolute atomic E-state index is 12.6. The van der Waals surface area contributed by atoms with Crippen molar-refractivity contribution < 1.29 is 4.79 Å². The van der Waals surface area contributed by atoms with Crippen molar-refractivity contribution in [3.8, 4) is 0 Å². The lowest BCUT2D eigenvalue weighted by atomic mass is 9.99. The predicted molar refractivity (Wildman–Crippen MR) is 134 cm³/mol. The van der Waals surface area contributed by atoms with Crippen LogP contribution in [0, 0.1) is 0 Å². The van der Waals surface area contributed by atoms with Crippen LogP contribution in [0.3, 0.4) is 0 Å². The van der Waals surface area contributed by atoms with Gasteiger partial charge in [-0.15, -0.1) is 24.0 Å². The molecule has 1 heterocycles. The highest BCUT2D eigenvalue weighted by Crippen LogP contribution is 2.19. The van der Waals surface area contributed by atoms with Gasteiger partial charge < -0.3 is 15.5 Å². The number of hydrogen-bond donors (Lipinski definition) is 2. The smallest absolute Gasteiger partial charge is 0.222 e. The number of nitrogens with zero attached hydrogens (tertiary/aromatic N) is 2. The number of halogens is 1. The van der Waals surface area contributed by atoms with Gasteiger partial charge >= 0.3 is 0 Å². The van der Waals surface area contributed by atoms with Crippen molar-refractivity contribution in [3.05, 3.63) is 71.3 Å². The number of carbonyl (C=O) groups excluding carboxylic acids is 1. The van der Waals surface area contributed by atoms with Crippen molar-refractivity contribution >= 4 is 35.8 Å². The Morgan fingerprint density at radius 3 is 2.53 bits per heavy atom. The summed E-state index contributed by atoms with van der Waals surface area (Å²) < 4.78 is 0. The molecule has 0 saturated carbocycles. The molecule has 2 N–H and O–H groups in total. The Morgan fingerprint density at radius 1 is 1.03 bits per heavy atom. The van der Waals surface area contributed by atoms with Gasteiger partial charge in [-0.05, 0) is 42.9 Å². The Labute approximate surface area is 197 Å². The zero-order chi connectivity index (χ0) is 20.3. The molecule has 30 heavy (non-hydrogen) atoms. The van der Waals surface area contributed by atoms with E-state index in [1.165, 1.54) is 16.7 Å². The van der Waals surface area contributed by atoms with Crippen LogP contribution in [-0.2, 0) is 24.2 Å². The molecule has 0 aliphatic carbocycles. The lowest BCUT2D eigenvalue weighted by Crippen LogP contribution is -2.38. The first-order valence-corrected chi connectivity index (χ1v) is 10.7. The normalized spacial score (nSPS) is 13.2. The number of guanidine groups is 1. The van der Waals surface area contributed by atoms with Crippen molar-refractivity contribution in [1.82, 2.24) is 15.5 Å². The van der Waals surface area contributed by atoms with Gasteiger partial charge in [-0.2, -0.15) is 0 Å². The zero-order valence-electron chi connectivity index (χ0n) is 17.8. The third kappa shape index (κ3) is 7.63. The van der Waals surface area contributed by atoms with E-state index in [9.17, 15) is 4.79 Å². The molecular formula is C24H33IN4O. The quantitative estimate of drug-likeness (QED) is 0.241. The van der Waals surface area contributed by atoms with Crippen LogP contribution in [0.4, 0.5) is 0 Å². The van der Waals surface area contributed by atoms with Gasteiger partial charge in [-0.1, -0.05) is 54.6 Å². The fraction of sp³-hybridized carbons (Fsp3) is 0.417. The summed E-state index contributed by atoms with van der Waals surface area (Å²) in [6, 6.07) is 18.8. The number of aliphatic imine (C=N–C) groups is 1. The Balaban J connectivity index is 0.00000320. The van der Waals surface area contributed by atoms with Crippen LogP contribution in [0.5, 0.6) is 0 Å². The standard InChI is InChI=1S/C24H32N4O.HI/c1-2-25-24(27-17-14-20-9-4-3-5-10-20)26-16-8-13-23(29)28-18-15-21-11-6-7-12-22(21)19-28;/h3-7,9-12H,2,8,13-19H2,1H3,(H2,25,26,27);1H. The first-order chi connectivity index (χ1) is 14.3. The Bertz CT molecular complexity index is 810. The molecule has 0 aromatic heterocycles. The van der Waals surface area contributed by atoms with Crippen LogP contribution < -0.4 is 10.6 Å². The van der Waals surface area contributed by atoms with Crippen molar-refractivity contribution in [2.45, 2.75) is 39.2 Å². The average Bonchev–Trinajstić information content (AvgIpc) is 2.77. The summed E-state index contributed by atoms with van der Waals surface area (Å²) in [4.78, 5) is 19.2. The van der Waals surface area contributed by atoms with E-state index in [-0.39, 0.29) is 29.9 Å². The molecule has 0 fully saturated rings. The largest absolute Gasteiger partial charge is 0.357 e. The highest BCUT2D eigenvalue weighted by atomic mass is 127. The van der Waals surface area contributed by atoms with Crippen LogP contribution in [0.25, 0.3) is 0 Å². The number of nitrogens with one attached hydrogen (secondary N) is 2. The second-order valence-electron chi connectivity index (χ2n) is 7.36. The van der Waals surface area contributed by atoms with Crippen molar-refractivity contribution in [2.24, 2.45) is 4.99 Å². The number of carbonyl (C=O) groups is 1. The maximum Gasteiger partial charge on any atom is 0.222 e. The summed E-state index contributed by atoms with van der Waals surface area (Å²) in [5, 5.41) is 6.65. The fourth-order valence-electron chi connectivity index (χ4n) is 3.60. The highest BCUT2D eigenvalue weighted by Gasteiger charge is 2.19. The van der Waals surface area contributed by atoms with Crippen LogP contribution in [0.1, 0.15) is 36.5 Å². The van der Waals surface area contributed by atoms with Crippen LogP contribution >= 0.6 is 24.0 Å². The Kier molecular flexibility index (Phi) is 10.7. The van der Waals surface area contributed by atoms with Gasteiger partial charge in [0.2, 0.25) is 5.91 Å². The third-order valence-corrected chi connectivity index (χ3v) is 5.20. The molecule has 1 aliphatic heterocycles. The monoisotopic (exact) mass is 520 g/mol. The number of amides is 1. The summed E-state index contributed by atoms with van der Waals surface area (Å²) in [6.07, 6.45) is 3.23. The molecule has 2 aromatic carbocycles. The molecule has 0 unspecified atom stereocenters. The van der Waals surface area contributed by atoms with Gasteiger partial charge in [-0.25, -0.2) is 0 Å². The molecular weight excluding hydrogens is 487 g/mol. The van der Waals surface area contributed by atoms with Gasteiger partial charge in [0.05, 0.1) is 0 Å². The van der Waals surface area contributed by atoms with E-state index in [1.807, 2.05) is 11.0 Å². The molecule has 2 aromatic rings. The third-order valence-electron chi connectivity index (χ3n) is 5.20. The number of hydrogen-bond acceptors (Lipinski definition) is 2. The number of rotatable bonds is 8. The van der Waals surface area contributed by atoms with Crippen LogP contribution in [0.15, 0.2) is 59.6 Å². The van der Waals surface area contributed by atoms with E-state index < -0.39 is 0 Å². The first kappa shape index (κ1) is 24.2. The minimum absolute atomic E-state index is 0. The van der Waals surface area contributed by atoms with Crippen molar-refractivity contribution in [1.29, 1.82) is 0 Å². The molecule has 1 aliphatic rings. The molecule has 6 heteroatoms. The maximum atomic E-state index is 12.6. The molecule has 0 radical (unpaired) electrons.